The van der Waals surface area contributed by atoms with Crippen LogP contribution in [-0.2, 0) is 11.2 Å². The van der Waals surface area contributed by atoms with Gasteiger partial charge in [-0.15, -0.1) is 0 Å². The van der Waals surface area contributed by atoms with E-state index < -0.39 is 0 Å². The zero-order valence-corrected chi connectivity index (χ0v) is 12.9. The summed E-state index contributed by atoms with van der Waals surface area (Å²) in [6.07, 6.45) is 6.45. The molecule has 1 aromatic carbocycles. The molecule has 0 saturated carbocycles. The van der Waals surface area contributed by atoms with Gasteiger partial charge < -0.3 is 4.42 Å². The molecule has 1 aromatic heterocycles. The fourth-order valence-corrected chi connectivity index (χ4v) is 3.23. The van der Waals surface area contributed by atoms with Crippen LogP contribution in [0.2, 0.25) is 0 Å². The van der Waals surface area contributed by atoms with E-state index in [1.807, 2.05) is 42.5 Å². The number of hydrogen-bond acceptors (Lipinski definition) is 3. The zero-order valence-electron chi connectivity index (χ0n) is 12.9. The van der Waals surface area contributed by atoms with Crippen molar-refractivity contribution in [3.05, 3.63) is 60.1 Å². The van der Waals surface area contributed by atoms with Gasteiger partial charge in [0.25, 0.3) is 0 Å². The first-order valence-corrected chi connectivity index (χ1v) is 8.16. The normalized spacial score (nSPS) is 17.3. The molecule has 116 valence electrons. The molecule has 0 bridgehead atoms. The number of carbonyl (C=O) groups excluding carboxylic acids is 1. The van der Waals surface area contributed by atoms with Gasteiger partial charge in [0.05, 0.1) is 12.3 Å². The van der Waals surface area contributed by atoms with Crippen LogP contribution >= 0.6 is 0 Å². The Kier molecular flexibility index (Phi) is 5.07. The lowest BCUT2D eigenvalue weighted by molar-refractivity contribution is -0.120. The van der Waals surface area contributed by atoms with E-state index in [9.17, 15) is 4.79 Å². The van der Waals surface area contributed by atoms with Crippen molar-refractivity contribution in [3.8, 4) is 0 Å². The van der Waals surface area contributed by atoms with Crippen LogP contribution in [-0.4, -0.2) is 23.8 Å². The first kappa shape index (κ1) is 15.0. The highest BCUT2D eigenvalue weighted by Gasteiger charge is 2.26. The van der Waals surface area contributed by atoms with Gasteiger partial charge in [0.15, 0.2) is 0 Å². The maximum absolute atomic E-state index is 12.5. The van der Waals surface area contributed by atoms with Gasteiger partial charge in [0, 0.05) is 12.8 Å². The topological polar surface area (TPSA) is 33.5 Å². The number of likely N-dealkylation sites (tertiary alicyclic amines) is 1. The predicted octanol–water partition coefficient (Wildman–Crippen LogP) is 4.01. The van der Waals surface area contributed by atoms with Crippen LogP contribution in [0.4, 0.5) is 0 Å². The third-order valence-electron chi connectivity index (χ3n) is 4.37. The van der Waals surface area contributed by atoms with E-state index in [1.165, 1.54) is 19.3 Å². The summed E-state index contributed by atoms with van der Waals surface area (Å²) in [5.74, 6) is 1.20. The highest BCUT2D eigenvalue weighted by atomic mass is 16.3. The Hall–Kier alpha value is -1.87. The molecule has 3 nitrogen and oxygen atoms in total. The van der Waals surface area contributed by atoms with Crippen LogP contribution < -0.4 is 0 Å². The molecule has 3 heteroatoms. The van der Waals surface area contributed by atoms with Gasteiger partial charge in [-0.05, 0) is 43.6 Å². The highest BCUT2D eigenvalue weighted by Crippen LogP contribution is 2.28. The van der Waals surface area contributed by atoms with Crippen LogP contribution in [0.1, 0.15) is 43.0 Å². The van der Waals surface area contributed by atoms with Crippen molar-refractivity contribution in [3.63, 3.8) is 0 Å². The van der Waals surface area contributed by atoms with E-state index in [-0.39, 0.29) is 11.8 Å². The molecule has 2 heterocycles. The SMILES string of the molecule is O=C(Cc1ccccc1)CC(c1ccco1)N1CCCCC1. The number of nitrogens with zero attached hydrogens (tertiary/aromatic N) is 1. The maximum Gasteiger partial charge on any atom is 0.139 e. The van der Waals surface area contributed by atoms with Crippen molar-refractivity contribution in [1.29, 1.82) is 0 Å². The summed E-state index contributed by atoms with van der Waals surface area (Å²) in [7, 11) is 0. The number of furan rings is 1. The molecule has 1 aliphatic heterocycles. The average molecular weight is 297 g/mol. The summed E-state index contributed by atoms with van der Waals surface area (Å²) < 4.78 is 5.61. The molecule has 0 radical (unpaired) electrons. The van der Waals surface area contributed by atoms with Gasteiger partial charge in [-0.3, -0.25) is 9.69 Å². The first-order chi connectivity index (χ1) is 10.8. The second-order valence-electron chi connectivity index (χ2n) is 6.03. The standard InChI is InChI=1S/C19H23NO2/c21-17(14-16-8-3-1-4-9-16)15-18(19-10-7-13-22-19)20-11-5-2-6-12-20/h1,3-4,7-10,13,18H,2,5-6,11-12,14-15H2. The number of ketones is 1. The second kappa shape index (κ2) is 7.41. The fourth-order valence-electron chi connectivity index (χ4n) is 3.23. The predicted molar refractivity (Wildman–Crippen MR) is 86.6 cm³/mol. The minimum absolute atomic E-state index is 0.0894. The quantitative estimate of drug-likeness (QED) is 0.808. The molecule has 3 rings (SSSR count). The Labute approximate surface area is 131 Å². The van der Waals surface area contributed by atoms with E-state index in [0.717, 1.165) is 24.4 Å². The first-order valence-electron chi connectivity index (χ1n) is 8.16. The fraction of sp³-hybridized carbons (Fsp3) is 0.421. The van der Waals surface area contributed by atoms with Gasteiger partial charge in [-0.1, -0.05) is 36.8 Å². The molecule has 1 unspecified atom stereocenters. The number of piperidine rings is 1. The van der Waals surface area contributed by atoms with Crippen molar-refractivity contribution >= 4 is 5.78 Å². The number of carbonyl (C=O) groups is 1. The minimum Gasteiger partial charge on any atom is -0.468 e. The van der Waals surface area contributed by atoms with Crippen molar-refractivity contribution in [2.24, 2.45) is 0 Å². The Morgan fingerprint density at radius 2 is 1.82 bits per heavy atom. The average Bonchev–Trinajstić information content (AvgIpc) is 3.08. The van der Waals surface area contributed by atoms with Crippen molar-refractivity contribution < 1.29 is 9.21 Å². The Balaban J connectivity index is 1.68. The van der Waals surface area contributed by atoms with Crippen molar-refractivity contribution in [1.82, 2.24) is 4.90 Å². The molecule has 2 aromatic rings. The lowest BCUT2D eigenvalue weighted by Gasteiger charge is -2.33. The second-order valence-corrected chi connectivity index (χ2v) is 6.03. The van der Waals surface area contributed by atoms with E-state index in [4.69, 9.17) is 4.42 Å². The summed E-state index contributed by atoms with van der Waals surface area (Å²) in [6.45, 7) is 2.12. The van der Waals surface area contributed by atoms with Gasteiger partial charge in [0.2, 0.25) is 0 Å². The molecule has 0 N–H and O–H groups in total. The van der Waals surface area contributed by atoms with Crippen LogP contribution in [0, 0.1) is 0 Å². The summed E-state index contributed by atoms with van der Waals surface area (Å²) in [5, 5.41) is 0. The van der Waals surface area contributed by atoms with Gasteiger partial charge in [-0.2, -0.15) is 0 Å². The molecule has 1 atom stereocenters. The van der Waals surface area contributed by atoms with Gasteiger partial charge >= 0.3 is 0 Å². The van der Waals surface area contributed by atoms with Crippen LogP contribution in [0.25, 0.3) is 0 Å². The minimum atomic E-state index is 0.0894. The molecule has 0 aliphatic carbocycles. The van der Waals surface area contributed by atoms with Crippen molar-refractivity contribution in [2.45, 2.75) is 38.1 Å². The Morgan fingerprint density at radius 1 is 1.05 bits per heavy atom. The number of benzene rings is 1. The van der Waals surface area contributed by atoms with Crippen LogP contribution in [0.3, 0.4) is 0 Å². The Bertz CT molecular complexity index is 571. The molecule has 1 saturated heterocycles. The number of Topliss-reactive ketones (excluding diaryl/α,β-unsaturated/α-hetero) is 1. The summed E-state index contributed by atoms with van der Waals surface area (Å²) >= 11 is 0. The molecular formula is C19H23NO2. The van der Waals surface area contributed by atoms with Gasteiger partial charge in [-0.25, -0.2) is 0 Å². The third-order valence-corrected chi connectivity index (χ3v) is 4.37. The molecule has 0 amide bonds. The monoisotopic (exact) mass is 297 g/mol. The molecule has 22 heavy (non-hydrogen) atoms. The number of hydrogen-bond donors (Lipinski definition) is 0. The summed E-state index contributed by atoms with van der Waals surface area (Å²) in [4.78, 5) is 14.9. The van der Waals surface area contributed by atoms with Gasteiger partial charge in [0.1, 0.15) is 11.5 Å². The van der Waals surface area contributed by atoms with Crippen LogP contribution in [0.15, 0.2) is 53.1 Å². The van der Waals surface area contributed by atoms with Crippen LogP contribution in [0.5, 0.6) is 0 Å². The zero-order chi connectivity index (χ0) is 15.2. The smallest absolute Gasteiger partial charge is 0.139 e. The van der Waals surface area contributed by atoms with E-state index in [1.54, 1.807) is 6.26 Å². The Morgan fingerprint density at radius 3 is 2.50 bits per heavy atom. The molecule has 1 fully saturated rings. The molecular weight excluding hydrogens is 274 g/mol. The lowest BCUT2D eigenvalue weighted by Crippen LogP contribution is -2.35. The number of rotatable bonds is 6. The van der Waals surface area contributed by atoms with E-state index in [2.05, 4.69) is 4.90 Å². The van der Waals surface area contributed by atoms with E-state index in [0.29, 0.717) is 12.8 Å². The molecule has 1 aliphatic rings. The highest BCUT2D eigenvalue weighted by molar-refractivity contribution is 5.81. The summed E-state index contributed by atoms with van der Waals surface area (Å²) in [6, 6.07) is 14.0. The van der Waals surface area contributed by atoms with Crippen molar-refractivity contribution in [2.75, 3.05) is 13.1 Å². The third kappa shape index (κ3) is 3.86. The maximum atomic E-state index is 12.5. The summed E-state index contributed by atoms with van der Waals surface area (Å²) in [5.41, 5.74) is 1.09. The molecule has 0 spiro atoms. The largest absolute Gasteiger partial charge is 0.468 e. The van der Waals surface area contributed by atoms with E-state index >= 15 is 0 Å². The lowest BCUT2D eigenvalue weighted by atomic mass is 9.99.